The molecule has 0 saturated heterocycles. The van der Waals surface area contributed by atoms with Crippen LogP contribution in [0.2, 0.25) is 0 Å². The van der Waals surface area contributed by atoms with Crippen molar-refractivity contribution in [1.29, 1.82) is 5.26 Å². The Kier molecular flexibility index (Phi) is 5.89. The molecule has 1 fully saturated rings. The van der Waals surface area contributed by atoms with Crippen molar-refractivity contribution < 1.29 is 18.6 Å². The molecule has 2 N–H and O–H groups in total. The number of aromatic nitrogens is 3. The van der Waals surface area contributed by atoms with E-state index >= 15 is 0 Å². The van der Waals surface area contributed by atoms with Gasteiger partial charge in [-0.1, -0.05) is 25.1 Å². The second-order valence-electron chi connectivity index (χ2n) is 8.53. The molecule has 0 unspecified atom stereocenters. The number of pyridine rings is 1. The molecule has 2 heterocycles. The summed E-state index contributed by atoms with van der Waals surface area (Å²) in [5, 5.41) is 22.8. The number of rotatable bonds is 8. The molecule has 0 radical (unpaired) electrons. The smallest absolute Gasteiger partial charge is 0.277 e. The lowest BCUT2D eigenvalue weighted by Crippen LogP contribution is -2.26. The number of benzene rings is 1. The zero-order valence-corrected chi connectivity index (χ0v) is 18.6. The van der Waals surface area contributed by atoms with Crippen molar-refractivity contribution in [3.63, 3.8) is 0 Å². The Hall–Kier alpha value is -3.38. The maximum absolute atomic E-state index is 14.6. The largest absolute Gasteiger partial charge is 0.481 e. The molecule has 33 heavy (non-hydrogen) atoms. The third-order valence-corrected chi connectivity index (χ3v) is 6.28. The maximum atomic E-state index is 14.6. The van der Waals surface area contributed by atoms with Crippen LogP contribution in [0, 0.1) is 17.2 Å². The number of nitrogens with one attached hydrogen (secondary N) is 1. The van der Waals surface area contributed by atoms with E-state index in [1.54, 1.807) is 12.1 Å². The van der Waals surface area contributed by atoms with Crippen LogP contribution in [0.5, 0.6) is 5.88 Å². The molecule has 1 aliphatic carbocycles. The first-order valence-corrected chi connectivity index (χ1v) is 10.7. The van der Waals surface area contributed by atoms with Crippen molar-refractivity contribution >= 4 is 16.9 Å². The number of aliphatic hydroxyl groups is 1. The standard InChI is InChI=1S/C24H25F2N5O2/c1-14(11-32)24(25,26)17-6-4-5-16(9-17)15(2)30-20-18-10-19(23(12-27)7-8-23)22(33-3)31-21(18)29-13-28-20/h4-6,9-10,13-15,32H,7-8,11H2,1-3H3,(H,28,29,30,31)/t14-,15+/m0/s1. The Morgan fingerprint density at radius 3 is 2.67 bits per heavy atom. The van der Waals surface area contributed by atoms with E-state index < -0.39 is 23.9 Å². The van der Waals surface area contributed by atoms with Gasteiger partial charge in [0.05, 0.1) is 30.6 Å². The van der Waals surface area contributed by atoms with E-state index in [2.05, 4.69) is 26.3 Å². The van der Waals surface area contributed by atoms with Crippen LogP contribution in [0.25, 0.3) is 11.0 Å². The Bertz CT molecular complexity index is 1220. The number of nitriles is 1. The predicted octanol–water partition coefficient (Wildman–Crippen LogP) is 4.48. The van der Waals surface area contributed by atoms with Crippen molar-refractivity contribution in [3.8, 4) is 11.9 Å². The summed E-state index contributed by atoms with van der Waals surface area (Å²) in [5.41, 5.74) is 0.980. The summed E-state index contributed by atoms with van der Waals surface area (Å²) >= 11 is 0. The van der Waals surface area contributed by atoms with Gasteiger partial charge in [0.15, 0.2) is 5.65 Å². The Labute approximate surface area is 190 Å². The molecule has 172 valence electrons. The summed E-state index contributed by atoms with van der Waals surface area (Å²) in [4.78, 5) is 13.0. The monoisotopic (exact) mass is 453 g/mol. The molecular weight excluding hydrogens is 428 g/mol. The molecule has 0 bridgehead atoms. The number of halogens is 2. The van der Waals surface area contributed by atoms with Gasteiger partial charge in [-0.15, -0.1) is 0 Å². The number of methoxy groups -OCH3 is 1. The van der Waals surface area contributed by atoms with Crippen molar-refractivity contribution in [2.45, 2.75) is 44.1 Å². The summed E-state index contributed by atoms with van der Waals surface area (Å²) in [6.07, 6.45) is 2.83. The van der Waals surface area contributed by atoms with Crippen molar-refractivity contribution in [2.24, 2.45) is 5.92 Å². The van der Waals surface area contributed by atoms with Gasteiger partial charge in [0.25, 0.3) is 5.92 Å². The van der Waals surface area contributed by atoms with Gasteiger partial charge in [-0.25, -0.2) is 18.7 Å². The summed E-state index contributed by atoms with van der Waals surface area (Å²) in [7, 11) is 1.51. The lowest BCUT2D eigenvalue weighted by atomic mass is 9.94. The van der Waals surface area contributed by atoms with Crippen LogP contribution in [-0.4, -0.2) is 33.8 Å². The molecular formula is C24H25F2N5O2. The van der Waals surface area contributed by atoms with Gasteiger partial charge in [0.1, 0.15) is 12.1 Å². The van der Waals surface area contributed by atoms with Crippen molar-refractivity contribution in [2.75, 3.05) is 19.0 Å². The van der Waals surface area contributed by atoms with Crippen LogP contribution in [-0.2, 0) is 11.3 Å². The molecule has 0 amide bonds. The Morgan fingerprint density at radius 1 is 1.27 bits per heavy atom. The Morgan fingerprint density at radius 2 is 2.03 bits per heavy atom. The van der Waals surface area contributed by atoms with Crippen LogP contribution < -0.4 is 10.1 Å². The normalized spacial score (nSPS) is 16.6. The molecule has 0 aliphatic heterocycles. The third kappa shape index (κ3) is 4.07. The molecule has 4 rings (SSSR count). The highest BCUT2D eigenvalue weighted by atomic mass is 19.3. The molecule has 0 spiro atoms. The van der Waals surface area contributed by atoms with Gasteiger partial charge < -0.3 is 15.2 Å². The SMILES string of the molecule is COc1nc2ncnc(N[C@H](C)c3cccc(C(F)(F)[C@@H](C)CO)c3)c2cc1C1(C#N)CC1. The number of nitrogens with zero attached hydrogens (tertiary/aromatic N) is 4. The molecule has 2 aromatic heterocycles. The van der Waals surface area contributed by atoms with Gasteiger partial charge in [0, 0.05) is 23.1 Å². The van der Waals surface area contributed by atoms with E-state index in [9.17, 15) is 19.1 Å². The quantitative estimate of drug-likeness (QED) is 0.518. The zero-order valence-electron chi connectivity index (χ0n) is 18.6. The minimum Gasteiger partial charge on any atom is -0.481 e. The van der Waals surface area contributed by atoms with Crippen molar-refractivity contribution in [1.82, 2.24) is 15.0 Å². The second-order valence-corrected chi connectivity index (χ2v) is 8.53. The lowest BCUT2D eigenvalue weighted by molar-refractivity contribution is -0.0753. The van der Waals surface area contributed by atoms with Gasteiger partial charge in [0.2, 0.25) is 5.88 Å². The van der Waals surface area contributed by atoms with E-state index in [0.717, 1.165) is 12.8 Å². The van der Waals surface area contributed by atoms with Gasteiger partial charge >= 0.3 is 0 Å². The highest BCUT2D eigenvalue weighted by molar-refractivity contribution is 5.88. The molecule has 9 heteroatoms. The van der Waals surface area contributed by atoms with E-state index in [0.29, 0.717) is 33.9 Å². The summed E-state index contributed by atoms with van der Waals surface area (Å²) < 4.78 is 34.7. The highest BCUT2D eigenvalue weighted by Gasteiger charge is 2.47. The molecule has 3 aromatic rings. The van der Waals surface area contributed by atoms with E-state index in [1.165, 1.54) is 32.5 Å². The number of aliphatic hydroxyl groups excluding tert-OH is 1. The number of hydrogen-bond donors (Lipinski definition) is 2. The first-order valence-electron chi connectivity index (χ1n) is 10.7. The molecule has 1 aliphatic rings. The minimum atomic E-state index is -3.16. The number of alkyl halides is 2. The van der Waals surface area contributed by atoms with Crippen LogP contribution in [0.1, 0.15) is 49.4 Å². The number of hydrogen-bond acceptors (Lipinski definition) is 7. The average Bonchev–Trinajstić information content (AvgIpc) is 3.64. The lowest BCUT2D eigenvalue weighted by Gasteiger charge is -2.24. The average molecular weight is 453 g/mol. The topological polar surface area (TPSA) is 104 Å². The molecule has 1 aromatic carbocycles. The van der Waals surface area contributed by atoms with E-state index in [4.69, 9.17) is 4.74 Å². The first kappa shape index (κ1) is 22.8. The third-order valence-electron chi connectivity index (χ3n) is 6.28. The summed E-state index contributed by atoms with van der Waals surface area (Å²) in [5.74, 6) is -3.50. The predicted molar refractivity (Wildman–Crippen MR) is 119 cm³/mol. The number of anilines is 1. The fourth-order valence-corrected chi connectivity index (χ4v) is 3.85. The maximum Gasteiger partial charge on any atom is 0.277 e. The summed E-state index contributed by atoms with van der Waals surface area (Å²) in [6, 6.07) is 9.96. The van der Waals surface area contributed by atoms with Crippen LogP contribution >= 0.6 is 0 Å². The van der Waals surface area contributed by atoms with Crippen LogP contribution in [0.4, 0.5) is 14.6 Å². The fourth-order valence-electron chi connectivity index (χ4n) is 3.85. The van der Waals surface area contributed by atoms with Gasteiger partial charge in [-0.3, -0.25) is 0 Å². The van der Waals surface area contributed by atoms with Crippen molar-refractivity contribution in [3.05, 3.63) is 53.3 Å². The van der Waals surface area contributed by atoms with E-state index in [-0.39, 0.29) is 11.6 Å². The highest BCUT2D eigenvalue weighted by Crippen LogP contribution is 2.51. The van der Waals surface area contributed by atoms with Crippen LogP contribution in [0.15, 0.2) is 36.7 Å². The molecule has 7 nitrogen and oxygen atoms in total. The zero-order chi connectivity index (χ0) is 23.8. The van der Waals surface area contributed by atoms with E-state index in [1.807, 2.05) is 13.0 Å². The molecule has 2 atom stereocenters. The number of ether oxygens (including phenoxy) is 1. The van der Waals surface area contributed by atoms with Gasteiger partial charge in [-0.05, 0) is 37.5 Å². The van der Waals surface area contributed by atoms with Crippen LogP contribution in [0.3, 0.4) is 0 Å². The fraction of sp³-hybridized carbons (Fsp3) is 0.417. The first-order chi connectivity index (χ1) is 15.8. The minimum absolute atomic E-state index is 0.152. The molecule has 1 saturated carbocycles. The Balaban J connectivity index is 1.69. The second kappa shape index (κ2) is 8.52. The number of fused-ring (bicyclic) bond motifs is 1. The van der Waals surface area contributed by atoms with Gasteiger partial charge in [-0.2, -0.15) is 10.2 Å². The summed E-state index contributed by atoms with van der Waals surface area (Å²) in [6.45, 7) is 2.55.